The normalized spacial score (nSPS) is 26.1. The molecular formula is C21H24FN3O4. The molecule has 1 aromatic heterocycles. The smallest absolute Gasteiger partial charge is 0.341 e. The summed E-state index contributed by atoms with van der Waals surface area (Å²) < 4.78 is 22.7. The second kappa shape index (κ2) is 6.73. The molecule has 2 N–H and O–H groups in total. The molecule has 0 aliphatic carbocycles. The van der Waals surface area contributed by atoms with Crippen molar-refractivity contribution >= 4 is 22.6 Å². The van der Waals surface area contributed by atoms with Gasteiger partial charge in [-0.2, -0.15) is 0 Å². The highest BCUT2D eigenvalue weighted by molar-refractivity contribution is 5.97. The summed E-state index contributed by atoms with van der Waals surface area (Å²) in [5, 5.41) is 13.2. The fourth-order valence-electron chi connectivity index (χ4n) is 5.19. The molecule has 3 aliphatic rings. The first kappa shape index (κ1) is 18.4. The van der Waals surface area contributed by atoms with Crippen LogP contribution in [0.3, 0.4) is 0 Å². The quantitative estimate of drug-likeness (QED) is 0.803. The number of halogens is 1. The van der Waals surface area contributed by atoms with Crippen molar-refractivity contribution in [1.82, 2.24) is 9.88 Å². The molecule has 29 heavy (non-hydrogen) atoms. The minimum atomic E-state index is -1.31. The molecule has 2 unspecified atom stereocenters. The summed E-state index contributed by atoms with van der Waals surface area (Å²) in [7, 11) is 0. The summed E-state index contributed by atoms with van der Waals surface area (Å²) in [6.45, 7) is 5.45. The van der Waals surface area contributed by atoms with Crippen LogP contribution in [0.15, 0.2) is 16.9 Å². The maximum atomic E-state index is 15.3. The van der Waals surface area contributed by atoms with E-state index in [1.807, 2.05) is 4.90 Å². The minimum absolute atomic E-state index is 0.197. The molecule has 0 bridgehead atoms. The average Bonchev–Trinajstić information content (AvgIpc) is 2.71. The number of rotatable bonds is 2. The summed E-state index contributed by atoms with van der Waals surface area (Å²) in [5.41, 5.74) is -0.0445. The number of anilines is 1. The first-order chi connectivity index (χ1) is 14.0. The van der Waals surface area contributed by atoms with Crippen LogP contribution in [-0.2, 0) is 0 Å². The van der Waals surface area contributed by atoms with Crippen molar-refractivity contribution in [2.24, 2.45) is 11.8 Å². The maximum absolute atomic E-state index is 15.3. The van der Waals surface area contributed by atoms with Crippen LogP contribution in [0.4, 0.5) is 10.1 Å². The highest BCUT2D eigenvalue weighted by Gasteiger charge is 2.35. The number of hydrogen-bond donors (Lipinski definition) is 2. The molecule has 0 saturated carbocycles. The van der Waals surface area contributed by atoms with E-state index in [9.17, 15) is 14.7 Å². The molecule has 1 aromatic carbocycles. The molecule has 3 aliphatic heterocycles. The molecule has 154 valence electrons. The van der Waals surface area contributed by atoms with Gasteiger partial charge in [-0.05, 0) is 56.8 Å². The highest BCUT2D eigenvalue weighted by atomic mass is 19.1. The number of benzene rings is 1. The fraction of sp³-hybridized carbons (Fsp3) is 0.524. The third-order valence-corrected chi connectivity index (χ3v) is 6.65. The predicted molar refractivity (Wildman–Crippen MR) is 107 cm³/mol. The summed E-state index contributed by atoms with van der Waals surface area (Å²) in [4.78, 5) is 26.4. The summed E-state index contributed by atoms with van der Waals surface area (Å²) in [5.74, 6) is -0.277. The lowest BCUT2D eigenvalue weighted by Crippen LogP contribution is -2.49. The number of piperidine rings is 2. The fourth-order valence-corrected chi connectivity index (χ4v) is 5.19. The van der Waals surface area contributed by atoms with Crippen LogP contribution >= 0.6 is 0 Å². The number of nitrogens with one attached hydrogen (secondary N) is 1. The first-order valence-corrected chi connectivity index (χ1v) is 10.2. The maximum Gasteiger partial charge on any atom is 0.341 e. The SMILES string of the molecule is C[C@H]1COc2c(N3CCC4CCNCC4C3)c(F)cc3cc(C(=O)O)c(=O)n1c23. The number of carbonyl (C=O) groups is 1. The minimum Gasteiger partial charge on any atom is -0.487 e. The van der Waals surface area contributed by atoms with Gasteiger partial charge in [-0.15, -0.1) is 0 Å². The number of aromatic nitrogens is 1. The molecule has 8 heteroatoms. The molecule has 7 nitrogen and oxygen atoms in total. The zero-order chi connectivity index (χ0) is 20.3. The lowest BCUT2D eigenvalue weighted by molar-refractivity contribution is 0.0694. The van der Waals surface area contributed by atoms with Gasteiger partial charge in [0.1, 0.15) is 17.9 Å². The Labute approximate surface area is 167 Å². The van der Waals surface area contributed by atoms with Crippen molar-refractivity contribution in [2.75, 3.05) is 37.7 Å². The van der Waals surface area contributed by atoms with E-state index in [0.717, 1.165) is 39.0 Å². The molecule has 2 saturated heterocycles. The molecule has 2 fully saturated rings. The van der Waals surface area contributed by atoms with E-state index in [4.69, 9.17) is 4.74 Å². The number of aromatic carboxylic acids is 1. The zero-order valence-electron chi connectivity index (χ0n) is 16.3. The second-order valence-corrected chi connectivity index (χ2v) is 8.42. The number of pyridine rings is 1. The monoisotopic (exact) mass is 401 g/mol. The van der Waals surface area contributed by atoms with Gasteiger partial charge in [0.2, 0.25) is 0 Å². The van der Waals surface area contributed by atoms with Crippen molar-refractivity contribution in [3.8, 4) is 5.75 Å². The molecule has 3 atom stereocenters. The Balaban J connectivity index is 1.68. The average molecular weight is 401 g/mol. The topological polar surface area (TPSA) is 83.8 Å². The van der Waals surface area contributed by atoms with Crippen LogP contribution in [0.1, 0.15) is 36.2 Å². The predicted octanol–water partition coefficient (Wildman–Crippen LogP) is 2.23. The van der Waals surface area contributed by atoms with Gasteiger partial charge in [-0.25, -0.2) is 9.18 Å². The Bertz CT molecular complexity index is 1070. The van der Waals surface area contributed by atoms with E-state index in [0.29, 0.717) is 34.2 Å². The number of ether oxygens (including phenoxy) is 1. The van der Waals surface area contributed by atoms with Crippen LogP contribution in [-0.4, -0.2) is 48.4 Å². The van der Waals surface area contributed by atoms with E-state index in [1.165, 1.54) is 16.7 Å². The van der Waals surface area contributed by atoms with Gasteiger partial charge in [0.15, 0.2) is 11.6 Å². The number of carboxylic acid groups (broad SMARTS) is 1. The van der Waals surface area contributed by atoms with Gasteiger partial charge in [-0.3, -0.25) is 9.36 Å². The molecule has 5 rings (SSSR count). The molecule has 0 radical (unpaired) electrons. The number of fused-ring (bicyclic) bond motifs is 1. The zero-order valence-corrected chi connectivity index (χ0v) is 16.3. The van der Waals surface area contributed by atoms with Gasteiger partial charge in [0, 0.05) is 18.5 Å². The van der Waals surface area contributed by atoms with Crippen LogP contribution in [0.25, 0.3) is 10.9 Å². The van der Waals surface area contributed by atoms with E-state index in [2.05, 4.69) is 5.32 Å². The van der Waals surface area contributed by atoms with E-state index < -0.39 is 17.3 Å². The van der Waals surface area contributed by atoms with Crippen molar-refractivity contribution in [3.63, 3.8) is 0 Å². The van der Waals surface area contributed by atoms with Crippen LogP contribution in [0, 0.1) is 17.7 Å². The number of nitrogens with zero attached hydrogens (tertiary/aromatic N) is 2. The molecule has 4 heterocycles. The van der Waals surface area contributed by atoms with Crippen molar-refractivity contribution in [2.45, 2.75) is 25.8 Å². The second-order valence-electron chi connectivity index (χ2n) is 8.42. The van der Waals surface area contributed by atoms with Gasteiger partial charge in [0.25, 0.3) is 5.56 Å². The Morgan fingerprint density at radius 1 is 1.31 bits per heavy atom. The summed E-state index contributed by atoms with van der Waals surface area (Å²) in [6.07, 6.45) is 2.15. The van der Waals surface area contributed by atoms with Crippen LogP contribution in [0.5, 0.6) is 5.75 Å². The lowest BCUT2D eigenvalue weighted by Gasteiger charge is -2.43. The molecule has 0 spiro atoms. The Kier molecular flexibility index (Phi) is 4.27. The van der Waals surface area contributed by atoms with Crippen molar-refractivity contribution in [3.05, 3.63) is 33.9 Å². The van der Waals surface area contributed by atoms with Gasteiger partial charge in [0.05, 0.1) is 11.6 Å². The lowest BCUT2D eigenvalue weighted by atomic mass is 9.80. The molecule has 0 amide bonds. The molecular weight excluding hydrogens is 377 g/mol. The van der Waals surface area contributed by atoms with E-state index in [-0.39, 0.29) is 18.2 Å². The number of carboxylic acids is 1. The summed E-state index contributed by atoms with van der Waals surface area (Å²) >= 11 is 0. The first-order valence-electron chi connectivity index (χ1n) is 10.2. The molecule has 2 aromatic rings. The Morgan fingerprint density at radius 3 is 2.93 bits per heavy atom. The van der Waals surface area contributed by atoms with E-state index >= 15 is 4.39 Å². The van der Waals surface area contributed by atoms with Crippen molar-refractivity contribution in [1.29, 1.82) is 0 Å². The summed E-state index contributed by atoms with van der Waals surface area (Å²) in [6, 6.07) is 2.26. The van der Waals surface area contributed by atoms with Crippen molar-refractivity contribution < 1.29 is 19.0 Å². The standard InChI is InChI=1S/C21H24FN3O4/c1-11-10-29-19-17-13(6-15(21(27)28)20(26)25(11)17)7-16(22)18(19)24-5-3-12-2-4-23-8-14(12)9-24/h6-7,11-12,14,23H,2-5,8-10H2,1H3,(H,27,28)/t11-,12?,14?/m0/s1. The van der Waals surface area contributed by atoms with Crippen LogP contribution in [0.2, 0.25) is 0 Å². The van der Waals surface area contributed by atoms with E-state index in [1.54, 1.807) is 6.92 Å². The van der Waals surface area contributed by atoms with Gasteiger partial charge in [-0.1, -0.05) is 0 Å². The Hall–Kier alpha value is -2.61. The Morgan fingerprint density at radius 2 is 2.14 bits per heavy atom. The van der Waals surface area contributed by atoms with Gasteiger partial charge >= 0.3 is 5.97 Å². The largest absolute Gasteiger partial charge is 0.487 e. The third kappa shape index (κ3) is 2.80. The number of hydrogen-bond acceptors (Lipinski definition) is 5. The third-order valence-electron chi connectivity index (χ3n) is 6.65. The van der Waals surface area contributed by atoms with Gasteiger partial charge < -0.3 is 20.1 Å². The van der Waals surface area contributed by atoms with Crippen LogP contribution < -0.4 is 20.5 Å². The highest BCUT2D eigenvalue weighted by Crippen LogP contribution is 2.44.